The normalized spacial score (nSPS) is 21.8. The smallest absolute Gasteiger partial charge is 0.137 e. The van der Waals surface area contributed by atoms with Crippen molar-refractivity contribution in [3.8, 4) is 11.3 Å². The lowest BCUT2D eigenvalue weighted by Crippen LogP contribution is -2.41. The minimum absolute atomic E-state index is 0.0867. The van der Waals surface area contributed by atoms with Gasteiger partial charge in [-0.25, -0.2) is 13.8 Å². The summed E-state index contributed by atoms with van der Waals surface area (Å²) in [6.07, 6.45) is 3.87. The lowest BCUT2D eigenvalue weighted by molar-refractivity contribution is -0.117. The fourth-order valence-electron chi connectivity index (χ4n) is 4.85. The summed E-state index contributed by atoms with van der Waals surface area (Å²) >= 11 is 0. The number of aryl methyl sites for hydroxylation is 1. The van der Waals surface area contributed by atoms with Crippen LogP contribution in [0, 0.1) is 18.6 Å². The van der Waals surface area contributed by atoms with E-state index in [1.54, 1.807) is 0 Å². The lowest BCUT2D eigenvalue weighted by Gasteiger charge is -2.30. The maximum absolute atomic E-state index is 15.3. The fourth-order valence-corrected chi connectivity index (χ4v) is 4.85. The molecule has 2 aliphatic rings. The molecule has 174 valence electrons. The SMILES string of the molecule is Cc1ccn2c(CC3CN(C)CCO3)c(-c3c(F)cc(NC4CCC(=O)C4)cc3F)nc2c1. The van der Waals surface area contributed by atoms with Crippen molar-refractivity contribution in [1.29, 1.82) is 0 Å². The van der Waals surface area contributed by atoms with Crippen molar-refractivity contribution in [3.63, 3.8) is 0 Å². The van der Waals surface area contributed by atoms with Crippen LogP contribution in [0.4, 0.5) is 14.5 Å². The van der Waals surface area contributed by atoms with Crippen LogP contribution >= 0.6 is 0 Å². The molecule has 0 spiro atoms. The monoisotopic (exact) mass is 454 g/mol. The van der Waals surface area contributed by atoms with Gasteiger partial charge in [0.05, 0.1) is 29.7 Å². The average Bonchev–Trinajstić information content (AvgIpc) is 3.30. The molecule has 1 aliphatic carbocycles. The number of carbonyl (C=O) groups is 1. The number of ether oxygens (including phenoxy) is 1. The zero-order valence-electron chi connectivity index (χ0n) is 18.9. The first-order chi connectivity index (χ1) is 15.9. The van der Waals surface area contributed by atoms with Crippen LogP contribution in [-0.4, -0.2) is 59.0 Å². The standard InChI is InChI=1S/C25H28F2N4O2/c1-15-5-6-31-22(13-19-14-30(2)7-8-33-19)25(29-23(31)9-15)24-20(26)11-17(12-21(24)27)28-16-3-4-18(32)10-16/h5-6,9,11-12,16,19,28H,3-4,7-8,10,13-14H2,1-2H3. The summed E-state index contributed by atoms with van der Waals surface area (Å²) in [4.78, 5) is 18.4. The van der Waals surface area contributed by atoms with E-state index in [0.717, 1.165) is 24.3 Å². The second kappa shape index (κ2) is 8.83. The molecule has 1 saturated carbocycles. The minimum atomic E-state index is -0.676. The Balaban J connectivity index is 1.53. The Morgan fingerprint density at radius 2 is 2.03 bits per heavy atom. The highest BCUT2D eigenvalue weighted by molar-refractivity contribution is 5.82. The Morgan fingerprint density at radius 1 is 1.24 bits per heavy atom. The molecular weight excluding hydrogens is 426 g/mol. The van der Waals surface area contributed by atoms with Crippen molar-refractivity contribution in [2.24, 2.45) is 0 Å². The largest absolute Gasteiger partial charge is 0.382 e. The number of hydrogen-bond acceptors (Lipinski definition) is 5. The number of pyridine rings is 1. The van der Waals surface area contributed by atoms with Crippen molar-refractivity contribution >= 4 is 17.1 Å². The number of nitrogens with zero attached hydrogens (tertiary/aromatic N) is 3. The number of rotatable bonds is 5. The van der Waals surface area contributed by atoms with Crippen LogP contribution in [0.25, 0.3) is 16.9 Å². The molecule has 2 unspecified atom stereocenters. The molecule has 1 aromatic carbocycles. The Morgan fingerprint density at radius 3 is 2.73 bits per heavy atom. The number of benzene rings is 1. The number of nitrogens with one attached hydrogen (secondary N) is 1. The van der Waals surface area contributed by atoms with Crippen molar-refractivity contribution in [3.05, 3.63) is 53.4 Å². The highest BCUT2D eigenvalue weighted by Crippen LogP contribution is 2.33. The maximum Gasteiger partial charge on any atom is 0.137 e. The molecule has 0 radical (unpaired) electrons. The van der Waals surface area contributed by atoms with Crippen molar-refractivity contribution in [1.82, 2.24) is 14.3 Å². The summed E-state index contributed by atoms with van der Waals surface area (Å²) in [6, 6.07) is 6.37. The van der Waals surface area contributed by atoms with Crippen LogP contribution in [0.2, 0.25) is 0 Å². The highest BCUT2D eigenvalue weighted by atomic mass is 19.1. The van der Waals surface area contributed by atoms with Crippen LogP contribution in [0.5, 0.6) is 0 Å². The molecule has 0 amide bonds. The van der Waals surface area contributed by atoms with Crippen molar-refractivity contribution in [2.45, 2.75) is 44.8 Å². The number of morpholine rings is 1. The summed E-state index contributed by atoms with van der Waals surface area (Å²) in [5.74, 6) is -1.18. The number of imidazole rings is 1. The number of anilines is 1. The van der Waals surface area contributed by atoms with Crippen LogP contribution < -0.4 is 5.32 Å². The molecule has 2 fully saturated rings. The molecule has 1 aliphatic heterocycles. The Bertz CT molecular complexity index is 1190. The highest BCUT2D eigenvalue weighted by Gasteiger charge is 2.27. The first kappa shape index (κ1) is 22.0. The Hall–Kier alpha value is -2.84. The van der Waals surface area contributed by atoms with Gasteiger partial charge in [-0.15, -0.1) is 0 Å². The van der Waals surface area contributed by atoms with E-state index in [0.29, 0.717) is 49.3 Å². The zero-order chi connectivity index (χ0) is 23.1. The lowest BCUT2D eigenvalue weighted by atomic mass is 10.0. The maximum atomic E-state index is 15.3. The molecule has 1 saturated heterocycles. The fraction of sp³-hybridized carbons (Fsp3) is 0.440. The summed E-state index contributed by atoms with van der Waals surface area (Å²) in [7, 11) is 2.04. The molecule has 3 aromatic rings. The van der Waals surface area contributed by atoms with Gasteiger partial charge in [-0.3, -0.25) is 4.79 Å². The summed E-state index contributed by atoms with van der Waals surface area (Å²) in [5, 5.41) is 3.10. The van der Waals surface area contributed by atoms with E-state index >= 15 is 8.78 Å². The molecule has 0 bridgehead atoms. The Kier molecular flexibility index (Phi) is 5.88. The van der Waals surface area contributed by atoms with Gasteiger partial charge in [0.15, 0.2) is 0 Å². The number of ketones is 1. The quantitative estimate of drug-likeness (QED) is 0.632. The number of fused-ring (bicyclic) bond motifs is 1. The van der Waals surface area contributed by atoms with Gasteiger partial charge in [0.1, 0.15) is 23.1 Å². The van der Waals surface area contributed by atoms with E-state index < -0.39 is 11.6 Å². The second-order valence-corrected chi connectivity index (χ2v) is 9.24. The topological polar surface area (TPSA) is 58.9 Å². The van der Waals surface area contributed by atoms with E-state index in [4.69, 9.17) is 4.74 Å². The molecular formula is C25H28F2N4O2. The number of hydrogen-bond donors (Lipinski definition) is 1. The van der Waals surface area contributed by atoms with E-state index in [1.807, 2.05) is 36.7 Å². The molecule has 5 rings (SSSR count). The second-order valence-electron chi connectivity index (χ2n) is 9.24. The number of Topliss-reactive ketones (excluding diaryl/α,β-unsaturated/α-hetero) is 1. The zero-order valence-corrected chi connectivity index (χ0v) is 18.9. The minimum Gasteiger partial charge on any atom is -0.382 e. The van der Waals surface area contributed by atoms with Crippen molar-refractivity contribution in [2.75, 3.05) is 32.1 Å². The van der Waals surface area contributed by atoms with Gasteiger partial charge in [0.25, 0.3) is 0 Å². The van der Waals surface area contributed by atoms with Gasteiger partial charge in [0, 0.05) is 50.3 Å². The third kappa shape index (κ3) is 4.50. The predicted molar refractivity (Wildman–Crippen MR) is 122 cm³/mol. The van der Waals surface area contributed by atoms with Gasteiger partial charge in [0.2, 0.25) is 0 Å². The van der Waals surface area contributed by atoms with Crippen LogP contribution in [-0.2, 0) is 16.0 Å². The Labute approximate surface area is 191 Å². The molecule has 3 heterocycles. The van der Waals surface area contributed by atoms with E-state index in [-0.39, 0.29) is 23.5 Å². The molecule has 33 heavy (non-hydrogen) atoms. The predicted octanol–water partition coefficient (Wildman–Crippen LogP) is 3.99. The summed E-state index contributed by atoms with van der Waals surface area (Å²) in [6.45, 7) is 4.19. The number of carbonyl (C=O) groups excluding carboxylic acids is 1. The average molecular weight is 455 g/mol. The third-order valence-electron chi connectivity index (χ3n) is 6.54. The number of aromatic nitrogens is 2. The van der Waals surface area contributed by atoms with Gasteiger partial charge >= 0.3 is 0 Å². The van der Waals surface area contributed by atoms with Gasteiger partial charge < -0.3 is 19.4 Å². The number of likely N-dealkylation sites (N-methyl/N-ethyl adjacent to an activating group) is 1. The van der Waals surface area contributed by atoms with Gasteiger partial charge in [-0.2, -0.15) is 0 Å². The molecule has 8 heteroatoms. The van der Waals surface area contributed by atoms with E-state index in [9.17, 15) is 4.79 Å². The van der Waals surface area contributed by atoms with Crippen molar-refractivity contribution < 1.29 is 18.3 Å². The van der Waals surface area contributed by atoms with Gasteiger partial charge in [-0.05, 0) is 50.2 Å². The number of halogens is 2. The van der Waals surface area contributed by atoms with E-state index in [1.165, 1.54) is 12.1 Å². The summed E-state index contributed by atoms with van der Waals surface area (Å²) in [5.41, 5.74) is 2.90. The summed E-state index contributed by atoms with van der Waals surface area (Å²) < 4.78 is 38.5. The molecule has 2 atom stereocenters. The van der Waals surface area contributed by atoms with Crippen LogP contribution in [0.1, 0.15) is 30.5 Å². The molecule has 2 aromatic heterocycles. The molecule has 1 N–H and O–H groups in total. The first-order valence-corrected chi connectivity index (χ1v) is 11.4. The van der Waals surface area contributed by atoms with Gasteiger partial charge in [-0.1, -0.05) is 0 Å². The first-order valence-electron chi connectivity index (χ1n) is 11.4. The van der Waals surface area contributed by atoms with Crippen LogP contribution in [0.3, 0.4) is 0 Å². The van der Waals surface area contributed by atoms with E-state index in [2.05, 4.69) is 15.2 Å². The molecule has 6 nitrogen and oxygen atoms in total. The third-order valence-corrected chi connectivity index (χ3v) is 6.54. The van der Waals surface area contributed by atoms with Crippen LogP contribution in [0.15, 0.2) is 30.5 Å².